The van der Waals surface area contributed by atoms with Crippen molar-refractivity contribution in [3.8, 4) is 28.4 Å². The topological polar surface area (TPSA) is 79.9 Å². The number of allylic oxidation sites excluding steroid dienone is 3. The van der Waals surface area contributed by atoms with Crippen molar-refractivity contribution in [1.29, 1.82) is 0 Å². The number of hydrogen-bond donors (Lipinski definition) is 2. The molecule has 0 atom stereocenters. The van der Waals surface area contributed by atoms with Crippen LogP contribution in [0.4, 0.5) is 0 Å². The minimum atomic E-state index is -0.346. The predicted octanol–water partition coefficient (Wildman–Crippen LogP) is 5.94. The Morgan fingerprint density at radius 2 is 1.80 bits per heavy atom. The van der Waals surface area contributed by atoms with Crippen molar-refractivity contribution in [2.45, 2.75) is 33.6 Å². The van der Waals surface area contributed by atoms with Crippen molar-refractivity contribution in [3.63, 3.8) is 0 Å². The summed E-state index contributed by atoms with van der Waals surface area (Å²) in [4.78, 5) is 12.9. The Bertz CT molecular complexity index is 1150. The molecule has 156 valence electrons. The molecule has 3 rings (SSSR count). The SMILES string of the molecule is CC(C)=CCCC(C)=CCOc1cc(O)c2c(=O)c(-c3ccc(O)cc3)coc2c1. The molecule has 0 aliphatic heterocycles. The van der Waals surface area contributed by atoms with Crippen molar-refractivity contribution in [2.24, 2.45) is 0 Å². The maximum absolute atomic E-state index is 12.9. The smallest absolute Gasteiger partial charge is 0.204 e. The molecule has 1 aromatic heterocycles. The summed E-state index contributed by atoms with van der Waals surface area (Å²) in [7, 11) is 0. The molecule has 0 aliphatic rings. The molecule has 30 heavy (non-hydrogen) atoms. The second kappa shape index (κ2) is 9.35. The number of benzene rings is 2. The Kier molecular flexibility index (Phi) is 6.62. The van der Waals surface area contributed by atoms with Crippen LogP contribution in [0.2, 0.25) is 0 Å². The summed E-state index contributed by atoms with van der Waals surface area (Å²) in [5.74, 6) is 0.338. The van der Waals surface area contributed by atoms with Gasteiger partial charge < -0.3 is 19.4 Å². The van der Waals surface area contributed by atoms with Gasteiger partial charge in [0.05, 0.1) is 5.56 Å². The standard InChI is InChI=1S/C25H26O5/c1-16(2)5-4-6-17(3)11-12-29-20-13-22(27)24-23(14-20)30-15-21(25(24)28)18-7-9-19(26)10-8-18/h5,7-11,13-15,26-27H,4,6,12H2,1-3H3. The van der Waals surface area contributed by atoms with E-state index in [1.54, 1.807) is 18.2 Å². The number of phenolic OH excluding ortho intramolecular Hbond substituents is 2. The van der Waals surface area contributed by atoms with Crippen molar-refractivity contribution in [3.05, 3.63) is 76.2 Å². The van der Waals surface area contributed by atoms with Crippen LogP contribution < -0.4 is 10.2 Å². The van der Waals surface area contributed by atoms with Crippen LogP contribution in [0.5, 0.6) is 17.2 Å². The first kappa shape index (κ1) is 21.2. The Hall–Kier alpha value is -3.47. The van der Waals surface area contributed by atoms with E-state index in [-0.39, 0.29) is 27.9 Å². The maximum Gasteiger partial charge on any atom is 0.204 e. The van der Waals surface area contributed by atoms with Crippen molar-refractivity contribution in [1.82, 2.24) is 0 Å². The van der Waals surface area contributed by atoms with E-state index in [9.17, 15) is 15.0 Å². The highest BCUT2D eigenvalue weighted by molar-refractivity contribution is 5.88. The molecule has 0 radical (unpaired) electrons. The molecule has 1 heterocycles. The van der Waals surface area contributed by atoms with E-state index < -0.39 is 0 Å². The molecular formula is C25H26O5. The first-order valence-electron chi connectivity index (χ1n) is 9.85. The third-order valence-electron chi connectivity index (χ3n) is 4.78. The van der Waals surface area contributed by atoms with Gasteiger partial charge in [-0.05, 0) is 57.4 Å². The number of aromatic hydroxyl groups is 2. The molecule has 2 N–H and O–H groups in total. The van der Waals surface area contributed by atoms with Crippen molar-refractivity contribution >= 4 is 11.0 Å². The lowest BCUT2D eigenvalue weighted by Gasteiger charge is -2.08. The summed E-state index contributed by atoms with van der Waals surface area (Å²) < 4.78 is 11.3. The molecular weight excluding hydrogens is 380 g/mol. The maximum atomic E-state index is 12.9. The molecule has 0 spiro atoms. The normalized spacial score (nSPS) is 11.5. The highest BCUT2D eigenvalue weighted by atomic mass is 16.5. The zero-order valence-electron chi connectivity index (χ0n) is 17.4. The van der Waals surface area contributed by atoms with Gasteiger partial charge in [0, 0.05) is 12.1 Å². The molecule has 0 bridgehead atoms. The molecule has 5 heteroatoms. The van der Waals surface area contributed by atoms with E-state index in [0.717, 1.165) is 12.8 Å². The van der Waals surface area contributed by atoms with Crippen LogP contribution in [0.15, 0.2) is 75.2 Å². The van der Waals surface area contributed by atoms with Crippen LogP contribution in [0.1, 0.15) is 33.6 Å². The van der Waals surface area contributed by atoms with Gasteiger partial charge in [0.1, 0.15) is 41.1 Å². The molecule has 0 unspecified atom stereocenters. The summed E-state index contributed by atoms with van der Waals surface area (Å²) in [5.41, 5.74) is 3.34. The second-order valence-electron chi connectivity index (χ2n) is 7.52. The van der Waals surface area contributed by atoms with Gasteiger partial charge in [0.15, 0.2) is 0 Å². The van der Waals surface area contributed by atoms with Crippen LogP contribution in [-0.4, -0.2) is 16.8 Å². The van der Waals surface area contributed by atoms with Gasteiger partial charge in [-0.2, -0.15) is 0 Å². The number of rotatable bonds is 7. The zero-order chi connectivity index (χ0) is 21.7. The van der Waals surface area contributed by atoms with Gasteiger partial charge in [-0.3, -0.25) is 4.79 Å². The van der Waals surface area contributed by atoms with Crippen LogP contribution in [-0.2, 0) is 0 Å². The molecule has 3 aromatic rings. The van der Waals surface area contributed by atoms with E-state index in [4.69, 9.17) is 9.15 Å². The predicted molar refractivity (Wildman–Crippen MR) is 119 cm³/mol. The summed E-state index contributed by atoms with van der Waals surface area (Å²) in [6.45, 7) is 6.59. The fraction of sp³-hybridized carbons (Fsp3) is 0.240. The average Bonchev–Trinajstić information content (AvgIpc) is 2.68. The van der Waals surface area contributed by atoms with E-state index >= 15 is 0 Å². The fourth-order valence-electron chi connectivity index (χ4n) is 3.10. The van der Waals surface area contributed by atoms with E-state index in [2.05, 4.69) is 26.8 Å². The number of fused-ring (bicyclic) bond motifs is 1. The Morgan fingerprint density at radius 1 is 1.07 bits per heavy atom. The first-order chi connectivity index (χ1) is 14.3. The molecule has 0 saturated carbocycles. The number of ether oxygens (including phenoxy) is 1. The lowest BCUT2D eigenvalue weighted by molar-refractivity contribution is 0.358. The summed E-state index contributed by atoms with van der Waals surface area (Å²) in [5, 5.41) is 19.9. The van der Waals surface area contributed by atoms with Gasteiger partial charge >= 0.3 is 0 Å². The van der Waals surface area contributed by atoms with Crippen molar-refractivity contribution < 1.29 is 19.4 Å². The summed E-state index contributed by atoms with van der Waals surface area (Å²) in [6.07, 6.45) is 7.52. The summed E-state index contributed by atoms with van der Waals surface area (Å²) in [6, 6.07) is 9.24. The highest BCUT2D eigenvalue weighted by Crippen LogP contribution is 2.30. The van der Waals surface area contributed by atoms with E-state index in [0.29, 0.717) is 23.5 Å². The minimum absolute atomic E-state index is 0.0985. The van der Waals surface area contributed by atoms with Gasteiger partial charge in [0.25, 0.3) is 0 Å². The number of hydrogen-bond acceptors (Lipinski definition) is 5. The van der Waals surface area contributed by atoms with Crippen LogP contribution in [0.3, 0.4) is 0 Å². The van der Waals surface area contributed by atoms with Gasteiger partial charge in [-0.15, -0.1) is 0 Å². The van der Waals surface area contributed by atoms with Gasteiger partial charge in [-0.25, -0.2) is 0 Å². The monoisotopic (exact) mass is 406 g/mol. The lowest BCUT2D eigenvalue weighted by atomic mass is 10.0. The van der Waals surface area contributed by atoms with Gasteiger partial charge in [-0.1, -0.05) is 29.4 Å². The Balaban J connectivity index is 1.79. The third-order valence-corrected chi connectivity index (χ3v) is 4.78. The van der Waals surface area contributed by atoms with Crippen LogP contribution in [0, 0.1) is 0 Å². The lowest BCUT2D eigenvalue weighted by Crippen LogP contribution is -2.05. The molecule has 0 fully saturated rings. The van der Waals surface area contributed by atoms with E-state index in [1.165, 1.54) is 35.6 Å². The highest BCUT2D eigenvalue weighted by Gasteiger charge is 2.14. The van der Waals surface area contributed by atoms with Crippen molar-refractivity contribution in [2.75, 3.05) is 6.61 Å². The zero-order valence-corrected chi connectivity index (χ0v) is 17.4. The van der Waals surface area contributed by atoms with E-state index in [1.807, 2.05) is 6.08 Å². The largest absolute Gasteiger partial charge is 0.508 e. The average molecular weight is 406 g/mol. The van der Waals surface area contributed by atoms with Crippen LogP contribution in [0.25, 0.3) is 22.1 Å². The fourth-order valence-corrected chi connectivity index (χ4v) is 3.10. The Labute approximate surface area is 175 Å². The second-order valence-corrected chi connectivity index (χ2v) is 7.52. The van der Waals surface area contributed by atoms with Crippen LogP contribution >= 0.6 is 0 Å². The first-order valence-corrected chi connectivity index (χ1v) is 9.85. The third kappa shape index (κ3) is 5.11. The number of phenols is 2. The molecule has 0 aliphatic carbocycles. The quantitative estimate of drug-likeness (QED) is 0.475. The molecule has 5 nitrogen and oxygen atoms in total. The molecule has 0 amide bonds. The molecule has 2 aromatic carbocycles. The summed E-state index contributed by atoms with van der Waals surface area (Å²) >= 11 is 0. The minimum Gasteiger partial charge on any atom is -0.508 e. The molecule has 0 saturated heterocycles. The van der Waals surface area contributed by atoms with Gasteiger partial charge in [0.2, 0.25) is 5.43 Å². The Morgan fingerprint density at radius 3 is 2.50 bits per heavy atom.